The molecule has 0 fully saturated rings. The van der Waals surface area contributed by atoms with Crippen molar-refractivity contribution in [3.63, 3.8) is 0 Å². The van der Waals surface area contributed by atoms with E-state index >= 15 is 0 Å². The monoisotopic (exact) mass is 193 g/mol. The lowest BCUT2D eigenvalue weighted by molar-refractivity contribution is -0.384. The fourth-order valence-corrected chi connectivity index (χ4v) is 0.897. The fraction of sp³-hybridized carbons (Fsp3) is 0. The van der Waals surface area contributed by atoms with Crippen LogP contribution in [0.5, 0.6) is 0 Å². The number of nitro benzene ring substituents is 1. The zero-order valence-electron chi connectivity index (χ0n) is 7.08. The molecule has 0 aromatic heterocycles. The SMILES string of the molecule is O=CC(O)=Cc1ccc([N+](=O)[O-])cc1. The third kappa shape index (κ3) is 2.41. The second-order valence-electron chi connectivity index (χ2n) is 2.54. The summed E-state index contributed by atoms with van der Waals surface area (Å²) < 4.78 is 0. The van der Waals surface area contributed by atoms with Crippen LogP contribution in [0, 0.1) is 10.1 Å². The van der Waals surface area contributed by atoms with Crippen LogP contribution in [0.15, 0.2) is 30.0 Å². The Balaban J connectivity index is 2.94. The zero-order valence-corrected chi connectivity index (χ0v) is 7.08. The molecule has 0 saturated carbocycles. The number of hydrogen-bond donors (Lipinski definition) is 1. The average Bonchev–Trinajstić information content (AvgIpc) is 2.18. The van der Waals surface area contributed by atoms with Gasteiger partial charge in [-0.2, -0.15) is 0 Å². The Hall–Kier alpha value is -2.17. The number of benzene rings is 1. The molecule has 1 N–H and O–H groups in total. The Morgan fingerprint density at radius 1 is 1.36 bits per heavy atom. The Kier molecular flexibility index (Phi) is 2.96. The van der Waals surface area contributed by atoms with Gasteiger partial charge in [0.15, 0.2) is 12.0 Å². The summed E-state index contributed by atoms with van der Waals surface area (Å²) in [6, 6.07) is 5.48. The number of rotatable bonds is 3. The quantitative estimate of drug-likeness (QED) is 0.260. The van der Waals surface area contributed by atoms with E-state index in [4.69, 9.17) is 5.11 Å². The van der Waals surface area contributed by atoms with E-state index in [2.05, 4.69) is 0 Å². The Bertz CT molecular complexity index is 380. The summed E-state index contributed by atoms with van der Waals surface area (Å²) in [7, 11) is 0. The Morgan fingerprint density at radius 2 is 1.93 bits per heavy atom. The minimum atomic E-state index is -0.521. The predicted octanol–water partition coefficient (Wildman–Crippen LogP) is 1.69. The number of aliphatic hydroxyl groups excluding tert-OH is 1. The molecule has 1 rings (SSSR count). The number of allylic oxidation sites excluding steroid dienone is 1. The summed E-state index contributed by atoms with van der Waals surface area (Å²) in [6.07, 6.45) is 1.51. The number of carbonyl (C=O) groups is 1. The van der Waals surface area contributed by atoms with E-state index < -0.39 is 10.7 Å². The molecule has 0 radical (unpaired) electrons. The molecule has 5 heteroatoms. The predicted molar refractivity (Wildman–Crippen MR) is 49.8 cm³/mol. The maximum absolute atomic E-state index is 10.3. The molecule has 0 bridgehead atoms. The number of non-ortho nitro benzene ring substituents is 1. The van der Waals surface area contributed by atoms with Gasteiger partial charge in [-0.15, -0.1) is 0 Å². The van der Waals surface area contributed by atoms with E-state index in [-0.39, 0.29) is 5.69 Å². The van der Waals surface area contributed by atoms with Crippen molar-refractivity contribution in [2.24, 2.45) is 0 Å². The first-order valence-electron chi connectivity index (χ1n) is 3.74. The summed E-state index contributed by atoms with van der Waals surface area (Å²) in [5, 5.41) is 19.1. The van der Waals surface area contributed by atoms with Gasteiger partial charge in [-0.1, -0.05) is 0 Å². The third-order valence-electron chi connectivity index (χ3n) is 1.54. The maximum Gasteiger partial charge on any atom is 0.269 e. The first-order valence-corrected chi connectivity index (χ1v) is 3.74. The van der Waals surface area contributed by atoms with Gasteiger partial charge < -0.3 is 5.11 Å². The van der Waals surface area contributed by atoms with Gasteiger partial charge in [0.1, 0.15) is 0 Å². The second-order valence-corrected chi connectivity index (χ2v) is 2.54. The number of aliphatic hydroxyl groups is 1. The summed E-state index contributed by atoms with van der Waals surface area (Å²) >= 11 is 0. The van der Waals surface area contributed by atoms with Crippen LogP contribution in [-0.4, -0.2) is 16.3 Å². The smallest absolute Gasteiger partial charge is 0.269 e. The van der Waals surface area contributed by atoms with E-state index in [9.17, 15) is 14.9 Å². The molecule has 0 spiro atoms. The molecule has 0 aliphatic heterocycles. The van der Waals surface area contributed by atoms with Crippen molar-refractivity contribution in [1.82, 2.24) is 0 Å². The molecule has 0 aliphatic rings. The molecule has 0 unspecified atom stereocenters. The molecule has 1 aromatic rings. The molecule has 0 amide bonds. The van der Waals surface area contributed by atoms with Gasteiger partial charge >= 0.3 is 0 Å². The van der Waals surface area contributed by atoms with Crippen molar-refractivity contribution in [2.75, 3.05) is 0 Å². The largest absolute Gasteiger partial charge is 0.505 e. The van der Waals surface area contributed by atoms with Crippen LogP contribution in [0.1, 0.15) is 5.56 Å². The number of nitro groups is 1. The van der Waals surface area contributed by atoms with E-state index in [0.717, 1.165) is 0 Å². The topological polar surface area (TPSA) is 80.4 Å². The van der Waals surface area contributed by atoms with Crippen LogP contribution >= 0.6 is 0 Å². The summed E-state index contributed by atoms with van der Waals surface area (Å²) in [4.78, 5) is 19.8. The molecule has 0 aliphatic carbocycles. The van der Waals surface area contributed by atoms with Crippen LogP contribution in [-0.2, 0) is 4.79 Å². The molecule has 0 heterocycles. The van der Waals surface area contributed by atoms with Gasteiger partial charge in [-0.05, 0) is 23.8 Å². The fourth-order valence-electron chi connectivity index (χ4n) is 0.897. The van der Waals surface area contributed by atoms with Crippen molar-refractivity contribution in [3.05, 3.63) is 45.7 Å². The second kappa shape index (κ2) is 4.18. The van der Waals surface area contributed by atoms with Gasteiger partial charge in [-0.25, -0.2) is 0 Å². The van der Waals surface area contributed by atoms with E-state index in [1.807, 2.05) is 0 Å². The van der Waals surface area contributed by atoms with Gasteiger partial charge in [-0.3, -0.25) is 14.9 Å². The van der Waals surface area contributed by atoms with Crippen LogP contribution in [0.3, 0.4) is 0 Å². The highest BCUT2D eigenvalue weighted by molar-refractivity contribution is 5.78. The molecule has 0 saturated heterocycles. The highest BCUT2D eigenvalue weighted by atomic mass is 16.6. The average molecular weight is 193 g/mol. The van der Waals surface area contributed by atoms with Gasteiger partial charge in [0, 0.05) is 12.1 Å². The number of carbonyl (C=O) groups excluding carboxylic acids is 1. The molecule has 72 valence electrons. The molecular weight excluding hydrogens is 186 g/mol. The van der Waals surface area contributed by atoms with Crippen molar-refractivity contribution >= 4 is 18.0 Å². The highest BCUT2D eigenvalue weighted by Gasteiger charge is 2.02. The third-order valence-corrected chi connectivity index (χ3v) is 1.54. The molecule has 5 nitrogen and oxygen atoms in total. The van der Waals surface area contributed by atoms with Crippen LogP contribution < -0.4 is 0 Å². The van der Waals surface area contributed by atoms with Crippen LogP contribution in [0.25, 0.3) is 6.08 Å². The lowest BCUT2D eigenvalue weighted by atomic mass is 10.2. The molecule has 1 aromatic carbocycles. The van der Waals surface area contributed by atoms with Crippen molar-refractivity contribution < 1.29 is 14.8 Å². The van der Waals surface area contributed by atoms with Crippen molar-refractivity contribution in [2.45, 2.75) is 0 Å². The van der Waals surface area contributed by atoms with E-state index in [1.54, 1.807) is 0 Å². The lowest BCUT2D eigenvalue weighted by Crippen LogP contribution is -1.87. The minimum Gasteiger partial charge on any atom is -0.505 e. The summed E-state index contributed by atoms with van der Waals surface area (Å²) in [6.45, 7) is 0. The van der Waals surface area contributed by atoms with Gasteiger partial charge in [0.25, 0.3) is 5.69 Å². The maximum atomic E-state index is 10.3. The highest BCUT2D eigenvalue weighted by Crippen LogP contribution is 2.13. The Morgan fingerprint density at radius 3 is 2.36 bits per heavy atom. The van der Waals surface area contributed by atoms with E-state index in [0.29, 0.717) is 11.8 Å². The molecule has 14 heavy (non-hydrogen) atoms. The summed E-state index contributed by atoms with van der Waals surface area (Å²) in [5.74, 6) is -0.418. The first kappa shape index (κ1) is 9.91. The van der Waals surface area contributed by atoms with Gasteiger partial charge in [0.2, 0.25) is 0 Å². The standard InChI is InChI=1S/C9H7NO4/c11-6-9(12)5-7-1-3-8(4-2-7)10(13)14/h1-6,12H. The number of nitrogens with zero attached hydrogens (tertiary/aromatic N) is 1. The van der Waals surface area contributed by atoms with E-state index in [1.165, 1.54) is 30.3 Å². The van der Waals surface area contributed by atoms with Crippen molar-refractivity contribution in [1.29, 1.82) is 0 Å². The molecular formula is C9H7NO4. The van der Waals surface area contributed by atoms with Gasteiger partial charge in [0.05, 0.1) is 4.92 Å². The van der Waals surface area contributed by atoms with Crippen molar-refractivity contribution in [3.8, 4) is 0 Å². The summed E-state index contributed by atoms with van der Waals surface area (Å²) in [5.41, 5.74) is 0.493. The lowest BCUT2D eigenvalue weighted by Gasteiger charge is -1.93. The number of aldehydes is 1. The zero-order chi connectivity index (χ0) is 10.6. The minimum absolute atomic E-state index is 0.0345. The number of hydrogen-bond acceptors (Lipinski definition) is 4. The Labute approximate surface area is 79.4 Å². The first-order chi connectivity index (χ1) is 6.63. The normalized spacial score (nSPS) is 11.0. The van der Waals surface area contributed by atoms with Crippen LogP contribution in [0.4, 0.5) is 5.69 Å². The molecule has 0 atom stereocenters. The van der Waals surface area contributed by atoms with Crippen LogP contribution in [0.2, 0.25) is 0 Å².